The van der Waals surface area contributed by atoms with Crippen molar-refractivity contribution >= 4 is 5.97 Å². The van der Waals surface area contributed by atoms with Gasteiger partial charge in [-0.1, -0.05) is 26.3 Å². The molecule has 1 N–H and O–H groups in total. The van der Waals surface area contributed by atoms with E-state index in [0.29, 0.717) is 0 Å². The largest absolute Gasteiger partial charge is 0.432 e. The molecule has 0 aliphatic rings. The van der Waals surface area contributed by atoms with Gasteiger partial charge in [0, 0.05) is 11.5 Å². The lowest BCUT2D eigenvalue weighted by Gasteiger charge is -2.24. The molecule has 3 nitrogen and oxygen atoms in total. The van der Waals surface area contributed by atoms with E-state index in [1.807, 2.05) is 0 Å². The van der Waals surface area contributed by atoms with Gasteiger partial charge in [0.25, 0.3) is 0 Å². The van der Waals surface area contributed by atoms with Crippen LogP contribution in [0.15, 0.2) is 11.6 Å². The Hall–Kier alpha value is -0.830. The maximum atomic E-state index is 11.1. The van der Waals surface area contributed by atoms with Crippen molar-refractivity contribution in [2.24, 2.45) is 5.41 Å². The number of allylic oxidation sites excluding steroid dienone is 1. The van der Waals surface area contributed by atoms with E-state index in [1.165, 1.54) is 6.08 Å². The fourth-order valence-electron chi connectivity index (χ4n) is 0.557. The maximum absolute atomic E-state index is 11.1. The number of esters is 1. The van der Waals surface area contributed by atoms with E-state index in [0.717, 1.165) is 5.57 Å². The molecular weight excluding hydrogens is 168 g/mol. The Labute approximate surface area is 79.4 Å². The van der Waals surface area contributed by atoms with Crippen molar-refractivity contribution in [3.05, 3.63) is 11.6 Å². The van der Waals surface area contributed by atoms with Crippen LogP contribution in [0.25, 0.3) is 0 Å². The van der Waals surface area contributed by atoms with Crippen LogP contribution >= 0.6 is 0 Å². The molecule has 3 heteroatoms. The second kappa shape index (κ2) is 4.42. The minimum Gasteiger partial charge on any atom is -0.432 e. The summed E-state index contributed by atoms with van der Waals surface area (Å²) < 4.78 is 4.77. The first kappa shape index (κ1) is 12.2. The van der Waals surface area contributed by atoms with Crippen molar-refractivity contribution in [3.8, 4) is 0 Å². The average Bonchev–Trinajstić information content (AvgIpc) is 1.82. The summed E-state index contributed by atoms with van der Waals surface area (Å²) in [6.07, 6.45) is 0.296. The summed E-state index contributed by atoms with van der Waals surface area (Å²) in [5, 5.41) is 9.40. The molecule has 0 aliphatic heterocycles. The molecule has 0 aromatic heterocycles. The molecule has 0 saturated heterocycles. The number of carbonyl (C=O) groups excluding carboxylic acids is 1. The summed E-state index contributed by atoms with van der Waals surface area (Å²) in [6.45, 7) is 8.99. The predicted molar refractivity (Wildman–Crippen MR) is 51.0 cm³/mol. The number of aliphatic hydroxyl groups excluding tert-OH is 1. The van der Waals surface area contributed by atoms with Crippen molar-refractivity contribution in [2.45, 2.75) is 40.9 Å². The Balaban J connectivity index is 4.16. The lowest BCUT2D eigenvalue weighted by Crippen LogP contribution is -2.30. The number of aliphatic hydroxyl groups is 1. The zero-order valence-corrected chi connectivity index (χ0v) is 8.92. The Morgan fingerprint density at radius 3 is 2.15 bits per heavy atom. The van der Waals surface area contributed by atoms with Crippen LogP contribution in [0.5, 0.6) is 0 Å². The average molecular weight is 186 g/mol. The fourth-order valence-corrected chi connectivity index (χ4v) is 0.557. The molecule has 0 aromatic carbocycles. The van der Waals surface area contributed by atoms with Gasteiger partial charge >= 0.3 is 5.97 Å². The molecule has 0 spiro atoms. The van der Waals surface area contributed by atoms with Gasteiger partial charge in [-0.3, -0.25) is 0 Å². The van der Waals surface area contributed by atoms with Crippen LogP contribution in [0, 0.1) is 5.41 Å². The molecule has 0 bridgehead atoms. The normalized spacial score (nSPS) is 13.4. The maximum Gasteiger partial charge on any atom is 0.332 e. The zero-order valence-electron chi connectivity index (χ0n) is 8.92. The first-order valence-corrected chi connectivity index (χ1v) is 4.27. The smallest absolute Gasteiger partial charge is 0.332 e. The number of carbonyl (C=O) groups is 1. The van der Waals surface area contributed by atoms with Gasteiger partial charge < -0.3 is 9.84 Å². The molecule has 1 atom stereocenters. The first-order chi connectivity index (χ1) is 5.73. The standard InChI is InChI=1S/C10H18O3/c1-7(2)6-8(11)13-9(12)10(3,4)5/h6,9,12H,1-5H3. The lowest BCUT2D eigenvalue weighted by atomic mass is 9.96. The predicted octanol–water partition coefficient (Wildman–Crippen LogP) is 1.86. The van der Waals surface area contributed by atoms with Gasteiger partial charge in [-0.05, 0) is 13.8 Å². The van der Waals surface area contributed by atoms with Gasteiger partial charge in [0.2, 0.25) is 6.29 Å². The van der Waals surface area contributed by atoms with Crippen LogP contribution in [-0.4, -0.2) is 17.4 Å². The van der Waals surface area contributed by atoms with E-state index in [1.54, 1.807) is 34.6 Å². The third-order valence-corrected chi connectivity index (χ3v) is 1.38. The highest BCUT2D eigenvalue weighted by molar-refractivity contribution is 5.82. The molecule has 76 valence electrons. The van der Waals surface area contributed by atoms with Gasteiger partial charge in [-0.15, -0.1) is 0 Å². The van der Waals surface area contributed by atoms with Crippen LogP contribution in [0.1, 0.15) is 34.6 Å². The topological polar surface area (TPSA) is 46.5 Å². The second-order valence-electron chi connectivity index (χ2n) is 4.38. The van der Waals surface area contributed by atoms with E-state index in [9.17, 15) is 9.90 Å². The molecule has 1 unspecified atom stereocenters. The highest BCUT2D eigenvalue weighted by Gasteiger charge is 2.25. The first-order valence-electron chi connectivity index (χ1n) is 4.27. The Morgan fingerprint density at radius 1 is 1.38 bits per heavy atom. The summed E-state index contributed by atoms with van der Waals surface area (Å²) in [4.78, 5) is 11.1. The van der Waals surface area contributed by atoms with E-state index >= 15 is 0 Å². The van der Waals surface area contributed by atoms with Crippen molar-refractivity contribution in [1.29, 1.82) is 0 Å². The molecule has 0 aromatic rings. The summed E-state index contributed by atoms with van der Waals surface area (Å²) in [5.41, 5.74) is 0.414. The molecule has 0 aliphatic carbocycles. The Morgan fingerprint density at radius 2 is 1.85 bits per heavy atom. The summed E-state index contributed by atoms with van der Waals surface area (Å²) >= 11 is 0. The van der Waals surface area contributed by atoms with Crippen molar-refractivity contribution in [1.82, 2.24) is 0 Å². The van der Waals surface area contributed by atoms with Gasteiger partial charge in [0.05, 0.1) is 0 Å². The minimum atomic E-state index is -1.06. The molecule has 0 radical (unpaired) electrons. The highest BCUT2D eigenvalue weighted by atomic mass is 16.6. The molecular formula is C10H18O3. The molecule has 0 heterocycles. The SMILES string of the molecule is CC(C)=CC(=O)OC(O)C(C)(C)C. The molecule has 0 saturated carbocycles. The van der Waals surface area contributed by atoms with Crippen LogP contribution in [0.3, 0.4) is 0 Å². The van der Waals surface area contributed by atoms with Crippen molar-refractivity contribution < 1.29 is 14.6 Å². The van der Waals surface area contributed by atoms with E-state index in [-0.39, 0.29) is 0 Å². The third kappa shape index (κ3) is 5.42. The number of hydrogen-bond acceptors (Lipinski definition) is 3. The van der Waals surface area contributed by atoms with Gasteiger partial charge in [-0.25, -0.2) is 4.79 Å². The molecule has 13 heavy (non-hydrogen) atoms. The monoisotopic (exact) mass is 186 g/mol. The number of rotatable bonds is 2. The fraction of sp³-hybridized carbons (Fsp3) is 0.700. The minimum absolute atomic E-state index is 0.439. The molecule has 0 amide bonds. The zero-order chi connectivity index (χ0) is 10.6. The Bertz CT molecular complexity index is 207. The van der Waals surface area contributed by atoms with Gasteiger partial charge in [-0.2, -0.15) is 0 Å². The lowest BCUT2D eigenvalue weighted by molar-refractivity contribution is -0.180. The molecule has 0 rings (SSSR count). The molecule has 0 fully saturated rings. The second-order valence-corrected chi connectivity index (χ2v) is 4.38. The van der Waals surface area contributed by atoms with Gasteiger partial charge in [0.15, 0.2) is 0 Å². The van der Waals surface area contributed by atoms with Crippen LogP contribution < -0.4 is 0 Å². The number of hydrogen-bond donors (Lipinski definition) is 1. The van der Waals surface area contributed by atoms with E-state index < -0.39 is 17.7 Å². The van der Waals surface area contributed by atoms with Crippen molar-refractivity contribution in [2.75, 3.05) is 0 Å². The summed E-state index contributed by atoms with van der Waals surface area (Å²) in [5.74, 6) is -0.498. The number of ether oxygens (including phenoxy) is 1. The van der Waals surface area contributed by atoms with Gasteiger partial charge in [0.1, 0.15) is 0 Å². The van der Waals surface area contributed by atoms with E-state index in [2.05, 4.69) is 0 Å². The highest BCUT2D eigenvalue weighted by Crippen LogP contribution is 2.20. The quantitative estimate of drug-likeness (QED) is 0.407. The van der Waals surface area contributed by atoms with Crippen LogP contribution in [-0.2, 0) is 9.53 Å². The van der Waals surface area contributed by atoms with E-state index in [4.69, 9.17) is 4.74 Å². The van der Waals surface area contributed by atoms with Crippen LogP contribution in [0.2, 0.25) is 0 Å². The summed E-state index contributed by atoms with van der Waals surface area (Å²) in [7, 11) is 0. The van der Waals surface area contributed by atoms with Crippen molar-refractivity contribution in [3.63, 3.8) is 0 Å². The Kier molecular flexibility index (Phi) is 4.14. The van der Waals surface area contributed by atoms with Crippen LogP contribution in [0.4, 0.5) is 0 Å². The third-order valence-electron chi connectivity index (χ3n) is 1.38. The summed E-state index contributed by atoms with van der Waals surface area (Å²) in [6, 6.07) is 0.